The predicted octanol–water partition coefficient (Wildman–Crippen LogP) is 2.72. The normalized spacial score (nSPS) is 16.2. The van der Waals surface area contributed by atoms with Crippen molar-refractivity contribution in [1.82, 2.24) is 15.2 Å². The van der Waals surface area contributed by atoms with Gasteiger partial charge in [0, 0.05) is 18.7 Å². The number of carbonyl (C=O) groups is 1. The fourth-order valence-electron chi connectivity index (χ4n) is 2.99. The molecule has 0 aliphatic heterocycles. The molecule has 0 bridgehead atoms. The number of nitrogens with zero attached hydrogens (tertiary/aromatic N) is 2. The van der Waals surface area contributed by atoms with Gasteiger partial charge in [-0.1, -0.05) is 19.3 Å². The van der Waals surface area contributed by atoms with Gasteiger partial charge in [-0.25, -0.2) is 4.98 Å². The first-order chi connectivity index (χ1) is 10.2. The van der Waals surface area contributed by atoms with Crippen molar-refractivity contribution >= 4 is 22.7 Å². The molecule has 1 saturated carbocycles. The van der Waals surface area contributed by atoms with Gasteiger partial charge in [-0.05, 0) is 18.9 Å². The average Bonchev–Trinajstić information content (AvgIpc) is 2.90. The predicted molar refractivity (Wildman–Crippen MR) is 80.3 cm³/mol. The van der Waals surface area contributed by atoms with Gasteiger partial charge in [0.15, 0.2) is 0 Å². The number of pyridine rings is 1. The molecular weight excluding hydrogens is 268 g/mol. The third-order valence-corrected chi connectivity index (χ3v) is 4.07. The Bertz CT molecular complexity index is 632. The van der Waals surface area contributed by atoms with E-state index in [0.717, 1.165) is 22.4 Å². The van der Waals surface area contributed by atoms with E-state index in [1.54, 1.807) is 6.20 Å². The summed E-state index contributed by atoms with van der Waals surface area (Å²) in [4.78, 5) is 15.2. The van der Waals surface area contributed by atoms with Gasteiger partial charge in [-0.3, -0.25) is 9.89 Å². The first-order valence-electron chi connectivity index (χ1n) is 7.54. The van der Waals surface area contributed by atoms with Crippen LogP contribution in [-0.4, -0.2) is 32.3 Å². The van der Waals surface area contributed by atoms with E-state index in [9.17, 15) is 4.79 Å². The highest BCUT2D eigenvalue weighted by Crippen LogP contribution is 2.27. The van der Waals surface area contributed by atoms with Crippen LogP contribution in [0.4, 0.5) is 5.82 Å². The summed E-state index contributed by atoms with van der Waals surface area (Å²) in [5.74, 6) is 0.0189. The maximum absolute atomic E-state index is 10.8. The standard InChI is InChI=1S/C15H20N4O2/c20-13(21)7-6-11-14-12(19-18-11)8-9-16-15(14)17-10-4-2-1-3-5-10/h8-10H,1-7H2,(H,16,17)(H,18,19)(H,20,21). The maximum Gasteiger partial charge on any atom is 0.303 e. The highest BCUT2D eigenvalue weighted by molar-refractivity contribution is 5.91. The molecule has 0 saturated heterocycles. The summed E-state index contributed by atoms with van der Waals surface area (Å²) in [5, 5.41) is 20.5. The minimum absolute atomic E-state index is 0.0811. The van der Waals surface area contributed by atoms with E-state index < -0.39 is 5.97 Å². The summed E-state index contributed by atoms with van der Waals surface area (Å²) in [5.41, 5.74) is 1.68. The van der Waals surface area contributed by atoms with Crippen LogP contribution in [0.2, 0.25) is 0 Å². The summed E-state index contributed by atoms with van der Waals surface area (Å²) in [6, 6.07) is 2.33. The monoisotopic (exact) mass is 288 g/mol. The molecule has 1 fully saturated rings. The van der Waals surface area contributed by atoms with Crippen molar-refractivity contribution in [2.75, 3.05) is 5.32 Å². The van der Waals surface area contributed by atoms with Gasteiger partial charge in [0.1, 0.15) is 5.82 Å². The summed E-state index contributed by atoms with van der Waals surface area (Å²) >= 11 is 0. The second-order valence-electron chi connectivity index (χ2n) is 5.63. The largest absolute Gasteiger partial charge is 0.481 e. The second kappa shape index (κ2) is 6.11. The number of aliphatic carboxylic acids is 1. The first kappa shape index (κ1) is 13.9. The molecule has 3 N–H and O–H groups in total. The van der Waals surface area contributed by atoms with E-state index in [1.807, 2.05) is 6.07 Å². The smallest absolute Gasteiger partial charge is 0.303 e. The van der Waals surface area contributed by atoms with Gasteiger partial charge < -0.3 is 10.4 Å². The Morgan fingerprint density at radius 2 is 2.19 bits per heavy atom. The molecule has 0 unspecified atom stereocenters. The maximum atomic E-state index is 10.8. The van der Waals surface area contributed by atoms with Gasteiger partial charge in [-0.2, -0.15) is 5.10 Å². The molecule has 6 nitrogen and oxygen atoms in total. The van der Waals surface area contributed by atoms with Crippen LogP contribution in [0.3, 0.4) is 0 Å². The number of anilines is 1. The summed E-state index contributed by atoms with van der Waals surface area (Å²) in [7, 11) is 0. The Balaban J connectivity index is 1.86. The van der Waals surface area contributed by atoms with Crippen molar-refractivity contribution in [1.29, 1.82) is 0 Å². The van der Waals surface area contributed by atoms with Crippen LogP contribution in [0.15, 0.2) is 12.3 Å². The number of hydrogen-bond donors (Lipinski definition) is 3. The van der Waals surface area contributed by atoms with Crippen molar-refractivity contribution in [2.45, 2.75) is 51.0 Å². The van der Waals surface area contributed by atoms with Crippen molar-refractivity contribution in [3.8, 4) is 0 Å². The minimum Gasteiger partial charge on any atom is -0.481 e. The molecule has 2 heterocycles. The number of aryl methyl sites for hydroxylation is 1. The van der Waals surface area contributed by atoms with Crippen LogP contribution in [0.25, 0.3) is 10.9 Å². The van der Waals surface area contributed by atoms with E-state index in [4.69, 9.17) is 5.11 Å². The Morgan fingerprint density at radius 3 is 2.95 bits per heavy atom. The molecule has 0 amide bonds. The number of rotatable bonds is 5. The summed E-state index contributed by atoms with van der Waals surface area (Å²) in [6.07, 6.45) is 8.41. The van der Waals surface area contributed by atoms with Crippen molar-refractivity contribution in [3.63, 3.8) is 0 Å². The topological polar surface area (TPSA) is 90.9 Å². The van der Waals surface area contributed by atoms with E-state index in [1.165, 1.54) is 32.1 Å². The summed E-state index contributed by atoms with van der Waals surface area (Å²) in [6.45, 7) is 0. The van der Waals surface area contributed by atoms with Crippen LogP contribution >= 0.6 is 0 Å². The van der Waals surface area contributed by atoms with Crippen molar-refractivity contribution in [2.24, 2.45) is 0 Å². The minimum atomic E-state index is -0.808. The Morgan fingerprint density at radius 1 is 1.38 bits per heavy atom. The van der Waals surface area contributed by atoms with E-state index in [2.05, 4.69) is 20.5 Å². The zero-order valence-corrected chi connectivity index (χ0v) is 11.9. The second-order valence-corrected chi connectivity index (χ2v) is 5.63. The number of aromatic nitrogens is 3. The van der Waals surface area contributed by atoms with E-state index in [0.29, 0.717) is 12.5 Å². The van der Waals surface area contributed by atoms with E-state index >= 15 is 0 Å². The van der Waals surface area contributed by atoms with Crippen molar-refractivity contribution < 1.29 is 9.90 Å². The molecule has 0 aromatic carbocycles. The first-order valence-corrected chi connectivity index (χ1v) is 7.54. The van der Waals surface area contributed by atoms with Crippen LogP contribution < -0.4 is 5.32 Å². The van der Waals surface area contributed by atoms with Crippen LogP contribution in [0.5, 0.6) is 0 Å². The number of aromatic amines is 1. The molecule has 21 heavy (non-hydrogen) atoms. The molecule has 1 aliphatic carbocycles. The lowest BCUT2D eigenvalue weighted by molar-refractivity contribution is -0.136. The molecule has 0 radical (unpaired) electrons. The highest BCUT2D eigenvalue weighted by atomic mass is 16.4. The van der Waals surface area contributed by atoms with E-state index in [-0.39, 0.29) is 6.42 Å². The summed E-state index contributed by atoms with van der Waals surface area (Å²) < 4.78 is 0. The molecule has 3 rings (SSSR count). The fraction of sp³-hybridized carbons (Fsp3) is 0.533. The third kappa shape index (κ3) is 3.15. The van der Waals surface area contributed by atoms with Gasteiger partial charge >= 0.3 is 5.97 Å². The zero-order valence-electron chi connectivity index (χ0n) is 11.9. The van der Waals surface area contributed by atoms with Gasteiger partial charge in [0.05, 0.1) is 23.0 Å². The zero-order chi connectivity index (χ0) is 14.7. The third-order valence-electron chi connectivity index (χ3n) is 4.07. The van der Waals surface area contributed by atoms with Gasteiger partial charge in [0.2, 0.25) is 0 Å². The molecule has 6 heteroatoms. The van der Waals surface area contributed by atoms with Crippen molar-refractivity contribution in [3.05, 3.63) is 18.0 Å². The quantitative estimate of drug-likeness (QED) is 0.787. The van der Waals surface area contributed by atoms with Gasteiger partial charge in [-0.15, -0.1) is 0 Å². The Labute approximate surface area is 123 Å². The number of nitrogens with one attached hydrogen (secondary N) is 2. The molecule has 0 spiro atoms. The average molecular weight is 288 g/mol. The lowest BCUT2D eigenvalue weighted by atomic mass is 9.95. The number of carboxylic acid groups (broad SMARTS) is 1. The van der Waals surface area contributed by atoms with Crippen LogP contribution in [0.1, 0.15) is 44.2 Å². The molecular formula is C15H20N4O2. The molecule has 0 atom stereocenters. The number of fused-ring (bicyclic) bond motifs is 1. The van der Waals surface area contributed by atoms with Crippen LogP contribution in [0, 0.1) is 0 Å². The molecule has 112 valence electrons. The highest BCUT2D eigenvalue weighted by Gasteiger charge is 2.17. The Hall–Kier alpha value is -2.11. The lowest BCUT2D eigenvalue weighted by Crippen LogP contribution is -2.23. The van der Waals surface area contributed by atoms with Crippen LogP contribution in [-0.2, 0) is 11.2 Å². The molecule has 2 aromatic heterocycles. The number of carboxylic acids is 1. The fourth-order valence-corrected chi connectivity index (χ4v) is 2.99. The lowest BCUT2D eigenvalue weighted by Gasteiger charge is -2.23. The number of hydrogen-bond acceptors (Lipinski definition) is 4. The molecule has 1 aliphatic rings. The van der Waals surface area contributed by atoms with Gasteiger partial charge in [0.25, 0.3) is 0 Å². The SMILES string of the molecule is O=C(O)CCc1n[nH]c2ccnc(NC3CCCCC3)c12. The Kier molecular flexibility index (Phi) is 4.03. The number of H-pyrrole nitrogens is 1. The molecule has 2 aromatic rings.